The highest BCUT2D eigenvalue weighted by Gasteiger charge is 2.21. The fourth-order valence-corrected chi connectivity index (χ4v) is 11.1. The summed E-state index contributed by atoms with van der Waals surface area (Å²) in [5.41, 5.74) is 19.4. The van der Waals surface area contributed by atoms with E-state index in [0.717, 1.165) is 60.9 Å². The highest BCUT2D eigenvalue weighted by Crippen LogP contribution is 2.46. The summed E-state index contributed by atoms with van der Waals surface area (Å²) >= 11 is 0. The Bertz CT molecular complexity index is 4320. The normalized spacial score (nSPS) is 11.7. The summed E-state index contributed by atoms with van der Waals surface area (Å²) in [5, 5.41) is 9.61. The molecule has 0 fully saturated rings. The third kappa shape index (κ3) is 6.49. The zero-order valence-electron chi connectivity index (χ0n) is 38.2. The van der Waals surface area contributed by atoms with E-state index in [4.69, 9.17) is 4.42 Å². The molecule has 14 aromatic rings. The van der Waals surface area contributed by atoms with Gasteiger partial charge in [-0.25, -0.2) is 0 Å². The lowest BCUT2D eigenvalue weighted by atomic mass is 9.85. The molecule has 0 radical (unpaired) electrons. The summed E-state index contributed by atoms with van der Waals surface area (Å²) in [6.45, 7) is 0. The Kier molecular flexibility index (Phi) is 9.25. The monoisotopic (exact) mass is 889 g/mol. The second-order valence-electron chi connectivity index (χ2n) is 18.4. The highest BCUT2D eigenvalue weighted by molar-refractivity contribution is 6.22. The Hall–Kier alpha value is -9.24. The molecule has 0 N–H and O–H groups in total. The number of fused-ring (bicyclic) bond motifs is 8. The van der Waals surface area contributed by atoms with Crippen LogP contribution in [-0.4, -0.2) is 4.57 Å². The first-order valence-corrected chi connectivity index (χ1v) is 24.1. The van der Waals surface area contributed by atoms with Crippen molar-refractivity contribution < 1.29 is 4.42 Å². The molecule has 0 unspecified atom stereocenters. The minimum atomic E-state index is 0.881. The van der Waals surface area contributed by atoms with Gasteiger partial charge in [-0.05, 0) is 143 Å². The van der Waals surface area contributed by atoms with Crippen LogP contribution in [0.25, 0.3) is 138 Å². The van der Waals surface area contributed by atoms with Gasteiger partial charge in [0.25, 0.3) is 0 Å². The second kappa shape index (κ2) is 16.2. The summed E-state index contributed by atoms with van der Waals surface area (Å²) < 4.78 is 9.28. The molecule has 0 bridgehead atoms. The minimum absolute atomic E-state index is 0.881. The highest BCUT2D eigenvalue weighted by atomic mass is 16.3. The van der Waals surface area contributed by atoms with Crippen molar-refractivity contribution in [1.29, 1.82) is 0 Å². The molecule has 0 aliphatic heterocycles. The largest absolute Gasteiger partial charge is 0.455 e. The van der Waals surface area contributed by atoms with Crippen molar-refractivity contribution in [1.82, 2.24) is 4.57 Å². The Balaban J connectivity index is 0.939. The van der Waals surface area contributed by atoms with Crippen molar-refractivity contribution in [2.45, 2.75) is 0 Å². The molecule has 0 spiro atoms. The predicted octanol–water partition coefficient (Wildman–Crippen LogP) is 19.0. The van der Waals surface area contributed by atoms with E-state index in [1.54, 1.807) is 0 Å². The molecule has 2 heterocycles. The van der Waals surface area contributed by atoms with Gasteiger partial charge in [0.2, 0.25) is 0 Å². The maximum Gasteiger partial charge on any atom is 0.143 e. The molecule has 326 valence electrons. The lowest BCUT2D eigenvalue weighted by Crippen LogP contribution is -1.95. The molecular weight excluding hydrogens is 847 g/mol. The Labute approximate surface area is 405 Å². The van der Waals surface area contributed by atoms with Gasteiger partial charge in [-0.15, -0.1) is 0 Å². The first kappa shape index (κ1) is 39.9. The number of furan rings is 1. The van der Waals surface area contributed by atoms with Gasteiger partial charge in [-0.1, -0.05) is 200 Å². The van der Waals surface area contributed by atoms with E-state index >= 15 is 0 Å². The van der Waals surface area contributed by atoms with Gasteiger partial charge in [-0.3, -0.25) is 0 Å². The molecule has 70 heavy (non-hydrogen) atoms. The summed E-state index contributed by atoms with van der Waals surface area (Å²) in [7, 11) is 0. The molecule has 12 aromatic carbocycles. The summed E-state index contributed by atoms with van der Waals surface area (Å²) in [4.78, 5) is 0. The molecule has 0 aliphatic rings. The fourth-order valence-electron chi connectivity index (χ4n) is 11.1. The van der Waals surface area contributed by atoms with Crippen LogP contribution in [0.15, 0.2) is 265 Å². The van der Waals surface area contributed by atoms with E-state index in [1.165, 1.54) is 76.8 Å². The van der Waals surface area contributed by atoms with Crippen LogP contribution in [-0.2, 0) is 0 Å². The van der Waals surface area contributed by atoms with Gasteiger partial charge >= 0.3 is 0 Å². The first-order chi connectivity index (χ1) is 34.7. The summed E-state index contributed by atoms with van der Waals surface area (Å²) in [6, 6.07) is 94.9. The molecule has 2 heteroatoms. The van der Waals surface area contributed by atoms with Crippen molar-refractivity contribution in [3.63, 3.8) is 0 Å². The van der Waals surface area contributed by atoms with E-state index in [0.29, 0.717) is 0 Å². The number of hydrogen-bond donors (Lipinski definition) is 0. The van der Waals surface area contributed by atoms with Gasteiger partial charge in [-0.2, -0.15) is 0 Å². The molecule has 2 aromatic heterocycles. The van der Waals surface area contributed by atoms with Crippen LogP contribution >= 0.6 is 0 Å². The van der Waals surface area contributed by atoms with E-state index in [9.17, 15) is 0 Å². The van der Waals surface area contributed by atoms with Crippen LogP contribution in [0.4, 0.5) is 0 Å². The lowest BCUT2D eigenvalue weighted by Gasteiger charge is -2.19. The standard InChI is InChI=1S/C68H43NO/c1-5-18-44(19-6-1)49-34-37-65-60(39-49)62-43-52(45-20-7-2-8-21-45)42-58(68(62)70-65)51-33-36-64-59(41-51)54-28-15-16-31-63(54)69(64)53-27-17-26-48(38-53)50-32-35-57-61(40-50)67(47-24-11-4-12-25-47)56-30-14-13-29-55(56)66(57)46-22-9-3-10-23-46/h1-43H. The van der Waals surface area contributed by atoms with Gasteiger partial charge in [0, 0.05) is 32.8 Å². The number of rotatable bonds is 7. The Morgan fingerprint density at radius 3 is 1.41 bits per heavy atom. The van der Waals surface area contributed by atoms with E-state index in [-0.39, 0.29) is 0 Å². The Morgan fingerprint density at radius 1 is 0.243 bits per heavy atom. The molecular formula is C68H43NO. The third-order valence-corrected chi connectivity index (χ3v) is 14.4. The zero-order valence-corrected chi connectivity index (χ0v) is 38.2. The summed E-state index contributed by atoms with van der Waals surface area (Å²) in [6.07, 6.45) is 0. The average molecular weight is 890 g/mol. The molecule has 0 atom stereocenters. The molecule has 14 rings (SSSR count). The van der Waals surface area contributed by atoms with Crippen molar-refractivity contribution in [2.75, 3.05) is 0 Å². The summed E-state index contributed by atoms with van der Waals surface area (Å²) in [5.74, 6) is 0. The molecule has 0 saturated carbocycles. The number of benzene rings is 12. The van der Waals surface area contributed by atoms with Gasteiger partial charge < -0.3 is 8.98 Å². The maximum atomic E-state index is 6.85. The number of para-hydroxylation sites is 1. The van der Waals surface area contributed by atoms with Crippen molar-refractivity contribution in [2.24, 2.45) is 0 Å². The van der Waals surface area contributed by atoms with Crippen molar-refractivity contribution in [3.05, 3.63) is 261 Å². The van der Waals surface area contributed by atoms with Crippen molar-refractivity contribution in [3.8, 4) is 72.4 Å². The molecule has 0 aliphatic carbocycles. The van der Waals surface area contributed by atoms with Gasteiger partial charge in [0.1, 0.15) is 11.2 Å². The van der Waals surface area contributed by atoms with Crippen LogP contribution in [0.2, 0.25) is 0 Å². The van der Waals surface area contributed by atoms with E-state index < -0.39 is 0 Å². The predicted molar refractivity (Wildman–Crippen MR) is 296 cm³/mol. The zero-order chi connectivity index (χ0) is 46.1. The van der Waals surface area contributed by atoms with Gasteiger partial charge in [0.15, 0.2) is 0 Å². The second-order valence-corrected chi connectivity index (χ2v) is 18.4. The van der Waals surface area contributed by atoms with E-state index in [1.807, 2.05) is 0 Å². The average Bonchev–Trinajstić information content (AvgIpc) is 3.98. The molecule has 2 nitrogen and oxygen atoms in total. The van der Waals surface area contributed by atoms with Crippen LogP contribution in [0.3, 0.4) is 0 Å². The van der Waals surface area contributed by atoms with E-state index in [2.05, 4.69) is 265 Å². The van der Waals surface area contributed by atoms with Crippen LogP contribution in [0.1, 0.15) is 0 Å². The number of hydrogen-bond acceptors (Lipinski definition) is 1. The quantitative estimate of drug-likeness (QED) is 0.146. The van der Waals surface area contributed by atoms with Crippen LogP contribution in [0, 0.1) is 0 Å². The Morgan fingerprint density at radius 2 is 0.714 bits per heavy atom. The third-order valence-electron chi connectivity index (χ3n) is 14.4. The smallest absolute Gasteiger partial charge is 0.143 e. The fraction of sp³-hybridized carbons (Fsp3) is 0. The first-order valence-electron chi connectivity index (χ1n) is 24.1. The minimum Gasteiger partial charge on any atom is -0.455 e. The van der Waals surface area contributed by atoms with Crippen LogP contribution < -0.4 is 0 Å². The number of nitrogens with zero attached hydrogens (tertiary/aromatic N) is 1. The molecule has 0 saturated heterocycles. The number of aromatic nitrogens is 1. The molecule has 0 amide bonds. The topological polar surface area (TPSA) is 18.1 Å². The SMILES string of the molecule is c1ccc(-c2ccc3oc4c(-c5ccc6c(c5)c5ccccc5n6-c5cccc(-c6ccc7c(-c8ccccc8)c8ccccc8c(-c8ccccc8)c7c6)c5)cc(-c5ccccc5)cc4c3c2)cc1. The lowest BCUT2D eigenvalue weighted by molar-refractivity contribution is 0.670. The van der Waals surface area contributed by atoms with Gasteiger partial charge in [0.05, 0.1) is 11.0 Å². The maximum absolute atomic E-state index is 6.85. The van der Waals surface area contributed by atoms with Crippen molar-refractivity contribution >= 4 is 65.3 Å². The van der Waals surface area contributed by atoms with Crippen LogP contribution in [0.5, 0.6) is 0 Å².